The van der Waals surface area contributed by atoms with Crippen molar-refractivity contribution in [3.63, 3.8) is 0 Å². The van der Waals surface area contributed by atoms with E-state index in [1.54, 1.807) is 13.8 Å². The van der Waals surface area contributed by atoms with Crippen LogP contribution in [-0.4, -0.2) is 47.4 Å². The zero-order chi connectivity index (χ0) is 17.3. The number of halogens is 3. The van der Waals surface area contributed by atoms with Crippen LogP contribution >= 0.6 is 0 Å². The minimum absolute atomic E-state index is 0.0955. The minimum Gasteiger partial charge on any atom is -0.359 e. The number of alkyl halides is 3. The van der Waals surface area contributed by atoms with Crippen LogP contribution in [0.4, 0.5) is 13.2 Å². The van der Waals surface area contributed by atoms with Gasteiger partial charge in [0.25, 0.3) is 0 Å². The largest absolute Gasteiger partial charge is 0.416 e. The molecular formula is C15H20F3N3O2. The van der Waals surface area contributed by atoms with E-state index >= 15 is 0 Å². The SMILES string of the molecule is C#CCCC1(CCC(=O)N2CC(C(F)(F)F)OC(C)(C)C2)N=N1. The van der Waals surface area contributed by atoms with Gasteiger partial charge in [0.1, 0.15) is 0 Å². The Morgan fingerprint density at radius 2 is 2.04 bits per heavy atom. The van der Waals surface area contributed by atoms with Gasteiger partial charge < -0.3 is 9.64 Å². The summed E-state index contributed by atoms with van der Waals surface area (Å²) in [7, 11) is 0. The van der Waals surface area contributed by atoms with Crippen molar-refractivity contribution in [3.05, 3.63) is 0 Å². The zero-order valence-electron chi connectivity index (χ0n) is 13.2. The van der Waals surface area contributed by atoms with Gasteiger partial charge in [-0.3, -0.25) is 4.79 Å². The lowest BCUT2D eigenvalue weighted by Gasteiger charge is -2.43. The summed E-state index contributed by atoms with van der Waals surface area (Å²) in [6.45, 7) is 2.75. The molecule has 0 aromatic heterocycles. The molecule has 1 fully saturated rings. The predicted molar refractivity (Wildman–Crippen MR) is 76.5 cm³/mol. The fraction of sp³-hybridized carbons (Fsp3) is 0.800. The number of nitrogens with zero attached hydrogens (tertiary/aromatic N) is 3. The molecule has 2 aliphatic rings. The number of ether oxygens (including phenoxy) is 1. The Balaban J connectivity index is 1.92. The highest BCUT2D eigenvalue weighted by atomic mass is 19.4. The first-order chi connectivity index (χ1) is 10.6. The van der Waals surface area contributed by atoms with E-state index in [0.29, 0.717) is 19.3 Å². The third-order valence-corrected chi connectivity index (χ3v) is 3.93. The predicted octanol–water partition coefficient (Wildman–Crippen LogP) is 2.91. The number of amides is 1. The molecule has 0 bridgehead atoms. The molecule has 0 aromatic carbocycles. The average molecular weight is 331 g/mol. The van der Waals surface area contributed by atoms with Gasteiger partial charge in [0.2, 0.25) is 5.91 Å². The van der Waals surface area contributed by atoms with Gasteiger partial charge in [-0.15, -0.1) is 12.3 Å². The molecule has 0 radical (unpaired) electrons. The number of morpholine rings is 1. The second kappa shape index (κ2) is 6.11. The number of rotatable bonds is 5. The van der Waals surface area contributed by atoms with E-state index in [9.17, 15) is 18.0 Å². The standard InChI is InChI=1S/C15H20F3N3O2/c1-4-5-7-14(19-20-14)8-6-12(22)21-9-11(15(16,17)18)23-13(2,3)10-21/h1,11H,5-10H2,2-3H3. The second-order valence-electron chi connectivity index (χ2n) is 6.57. The maximum Gasteiger partial charge on any atom is 0.416 e. The Morgan fingerprint density at radius 1 is 1.39 bits per heavy atom. The molecule has 128 valence electrons. The maximum absolute atomic E-state index is 12.9. The molecule has 2 heterocycles. The summed E-state index contributed by atoms with van der Waals surface area (Å²) in [4.78, 5) is 13.5. The van der Waals surface area contributed by atoms with E-state index in [0.717, 1.165) is 0 Å². The molecule has 1 saturated heterocycles. The lowest BCUT2D eigenvalue weighted by Crippen LogP contribution is -2.58. The average Bonchev–Trinajstić information content (AvgIpc) is 3.20. The topological polar surface area (TPSA) is 54.3 Å². The second-order valence-corrected chi connectivity index (χ2v) is 6.57. The van der Waals surface area contributed by atoms with Gasteiger partial charge in [0.15, 0.2) is 11.8 Å². The summed E-state index contributed by atoms with van der Waals surface area (Å²) < 4.78 is 43.9. The van der Waals surface area contributed by atoms with Crippen molar-refractivity contribution < 1.29 is 22.7 Å². The van der Waals surface area contributed by atoms with Crippen molar-refractivity contribution in [3.8, 4) is 12.3 Å². The normalized spacial score (nSPS) is 25.0. The van der Waals surface area contributed by atoms with Gasteiger partial charge in [0, 0.05) is 32.2 Å². The van der Waals surface area contributed by atoms with E-state index in [-0.39, 0.29) is 18.9 Å². The summed E-state index contributed by atoms with van der Waals surface area (Å²) in [5, 5.41) is 7.85. The van der Waals surface area contributed by atoms with Crippen LogP contribution in [0.2, 0.25) is 0 Å². The molecule has 23 heavy (non-hydrogen) atoms. The molecule has 8 heteroatoms. The van der Waals surface area contributed by atoms with Crippen molar-refractivity contribution in [1.29, 1.82) is 0 Å². The highest BCUT2D eigenvalue weighted by Gasteiger charge is 2.49. The van der Waals surface area contributed by atoms with Gasteiger partial charge in [0.05, 0.1) is 12.1 Å². The molecule has 0 aliphatic carbocycles. The van der Waals surface area contributed by atoms with Crippen LogP contribution in [-0.2, 0) is 9.53 Å². The number of hydrogen-bond donors (Lipinski definition) is 0. The van der Waals surface area contributed by atoms with Crippen LogP contribution in [0.3, 0.4) is 0 Å². The molecule has 1 amide bonds. The van der Waals surface area contributed by atoms with Crippen LogP contribution in [0.25, 0.3) is 0 Å². The molecular weight excluding hydrogens is 311 g/mol. The van der Waals surface area contributed by atoms with Crippen molar-refractivity contribution in [2.75, 3.05) is 13.1 Å². The summed E-state index contributed by atoms with van der Waals surface area (Å²) in [6, 6.07) is 0. The number of carbonyl (C=O) groups excluding carboxylic acids is 1. The molecule has 0 saturated carbocycles. The lowest BCUT2D eigenvalue weighted by atomic mass is 10.0. The minimum atomic E-state index is -4.49. The molecule has 1 unspecified atom stereocenters. The zero-order valence-corrected chi connectivity index (χ0v) is 13.2. The molecule has 0 aromatic rings. The highest BCUT2D eigenvalue weighted by Crippen LogP contribution is 2.38. The first-order valence-electron chi connectivity index (χ1n) is 7.47. The van der Waals surface area contributed by atoms with Crippen LogP contribution in [0.1, 0.15) is 39.5 Å². The molecule has 5 nitrogen and oxygen atoms in total. The lowest BCUT2D eigenvalue weighted by molar-refractivity contribution is -0.270. The van der Waals surface area contributed by atoms with E-state index in [1.807, 2.05) is 0 Å². The molecule has 1 atom stereocenters. The maximum atomic E-state index is 12.9. The smallest absolute Gasteiger partial charge is 0.359 e. The molecule has 2 rings (SSSR count). The van der Waals surface area contributed by atoms with Gasteiger partial charge in [-0.25, -0.2) is 0 Å². The Labute approximate surface area is 133 Å². The van der Waals surface area contributed by atoms with Gasteiger partial charge in [-0.2, -0.15) is 23.4 Å². The fourth-order valence-electron chi connectivity index (χ4n) is 2.68. The van der Waals surface area contributed by atoms with Crippen LogP contribution < -0.4 is 0 Å². The van der Waals surface area contributed by atoms with Gasteiger partial charge in [-0.1, -0.05) is 0 Å². The van der Waals surface area contributed by atoms with Gasteiger partial charge >= 0.3 is 6.18 Å². The molecule has 2 aliphatic heterocycles. The Morgan fingerprint density at radius 3 is 2.57 bits per heavy atom. The first kappa shape index (κ1) is 17.7. The van der Waals surface area contributed by atoms with E-state index in [4.69, 9.17) is 11.2 Å². The Hall–Kier alpha value is -1.62. The summed E-state index contributed by atoms with van der Waals surface area (Å²) in [5.74, 6) is 2.15. The number of hydrogen-bond acceptors (Lipinski definition) is 4. The third kappa shape index (κ3) is 4.67. The first-order valence-corrected chi connectivity index (χ1v) is 7.47. The third-order valence-electron chi connectivity index (χ3n) is 3.93. The number of terminal acetylenes is 1. The Bertz CT molecular complexity index is 531. The molecule has 0 spiro atoms. The van der Waals surface area contributed by atoms with Crippen LogP contribution in [0.15, 0.2) is 10.2 Å². The van der Waals surface area contributed by atoms with Crippen molar-refractivity contribution in [1.82, 2.24) is 4.90 Å². The number of carbonyl (C=O) groups is 1. The highest BCUT2D eigenvalue weighted by molar-refractivity contribution is 5.76. The van der Waals surface area contributed by atoms with Crippen LogP contribution in [0, 0.1) is 12.3 Å². The van der Waals surface area contributed by atoms with Gasteiger partial charge in [-0.05, 0) is 13.8 Å². The van der Waals surface area contributed by atoms with E-state index < -0.39 is 30.1 Å². The van der Waals surface area contributed by atoms with Crippen molar-refractivity contribution in [2.24, 2.45) is 10.2 Å². The molecule has 0 N–H and O–H groups in total. The van der Waals surface area contributed by atoms with Crippen molar-refractivity contribution >= 4 is 5.91 Å². The summed E-state index contributed by atoms with van der Waals surface area (Å²) in [5.41, 5.74) is -1.64. The summed E-state index contributed by atoms with van der Waals surface area (Å²) in [6.07, 6.45) is 0.281. The van der Waals surface area contributed by atoms with E-state index in [2.05, 4.69) is 16.1 Å². The van der Waals surface area contributed by atoms with Crippen molar-refractivity contribution in [2.45, 2.75) is 63.1 Å². The Kier molecular flexibility index (Phi) is 4.71. The van der Waals surface area contributed by atoms with E-state index in [1.165, 1.54) is 4.90 Å². The quantitative estimate of drug-likeness (QED) is 0.727. The fourth-order valence-corrected chi connectivity index (χ4v) is 2.68. The monoisotopic (exact) mass is 331 g/mol. The summed E-state index contributed by atoms with van der Waals surface area (Å²) >= 11 is 0. The van der Waals surface area contributed by atoms with Crippen LogP contribution in [0.5, 0.6) is 0 Å².